The monoisotopic (exact) mass is 352 g/mol. The molecule has 0 aliphatic heterocycles. The molecule has 0 rings (SSSR count). The van der Waals surface area contributed by atoms with Gasteiger partial charge in [0.2, 0.25) is 5.85 Å². The second-order valence-corrected chi connectivity index (χ2v) is 7.36. The lowest BCUT2D eigenvalue weighted by molar-refractivity contribution is -0.194. The smallest absolute Gasteiger partial charge is 0.208 e. The van der Waals surface area contributed by atoms with Gasteiger partial charge in [-0.25, -0.2) is 8.78 Å². The number of halogens is 2. The Labute approximate surface area is 147 Å². The van der Waals surface area contributed by atoms with E-state index in [1.165, 1.54) is 13.8 Å². The summed E-state index contributed by atoms with van der Waals surface area (Å²) in [5.74, 6) is -1.75. The van der Waals surface area contributed by atoms with Gasteiger partial charge in [-0.1, -0.05) is 20.8 Å². The largest absolute Gasteiger partial charge is 0.372 e. The second kappa shape index (κ2) is 9.44. The molecule has 0 radical (unpaired) electrons. The lowest BCUT2D eigenvalue weighted by atomic mass is 9.85. The van der Waals surface area contributed by atoms with Crippen molar-refractivity contribution in [3.05, 3.63) is 0 Å². The Kier molecular flexibility index (Phi) is 9.34. The Bertz CT molecular complexity index is 355. The van der Waals surface area contributed by atoms with Gasteiger partial charge in [0.1, 0.15) is 5.60 Å². The van der Waals surface area contributed by atoms with Crippen LogP contribution >= 0.6 is 0 Å². The van der Waals surface area contributed by atoms with Crippen LogP contribution < -0.4 is 0 Å². The van der Waals surface area contributed by atoms with Crippen molar-refractivity contribution in [2.24, 2.45) is 0 Å². The van der Waals surface area contributed by atoms with Crippen LogP contribution in [0.2, 0.25) is 0 Å². The van der Waals surface area contributed by atoms with E-state index in [1.807, 2.05) is 27.7 Å². The van der Waals surface area contributed by atoms with Gasteiger partial charge in [-0.05, 0) is 53.9 Å². The summed E-state index contributed by atoms with van der Waals surface area (Å²) in [6.07, 6.45) is 2.17. The Morgan fingerprint density at radius 1 is 0.750 bits per heavy atom. The van der Waals surface area contributed by atoms with Crippen molar-refractivity contribution in [1.82, 2.24) is 0 Å². The molecule has 3 atom stereocenters. The maximum Gasteiger partial charge on any atom is 0.208 e. The Hall–Kier alpha value is -0.260. The number of rotatable bonds is 13. The van der Waals surface area contributed by atoms with Gasteiger partial charge in [-0.2, -0.15) is 0 Å². The minimum absolute atomic E-state index is 0.0477. The SMILES string of the molecule is CCOC(C)(F)CCOC(C)(CC)C(C)(F)COC(C)(CC)CC. The predicted molar refractivity (Wildman–Crippen MR) is 94.9 cm³/mol. The van der Waals surface area contributed by atoms with Crippen LogP contribution in [0.25, 0.3) is 0 Å². The number of hydrogen-bond acceptors (Lipinski definition) is 3. The third-order valence-electron chi connectivity index (χ3n) is 5.38. The van der Waals surface area contributed by atoms with Crippen molar-refractivity contribution in [3.8, 4) is 0 Å². The zero-order valence-electron chi connectivity index (χ0n) is 16.9. The molecule has 24 heavy (non-hydrogen) atoms. The first-order valence-corrected chi connectivity index (χ1v) is 9.20. The predicted octanol–water partition coefficient (Wildman–Crippen LogP) is 5.61. The summed E-state index contributed by atoms with van der Waals surface area (Å²) in [7, 11) is 0. The molecule has 0 aromatic carbocycles. The summed E-state index contributed by atoms with van der Waals surface area (Å²) in [4.78, 5) is 0. The third kappa shape index (κ3) is 6.93. The van der Waals surface area contributed by atoms with Crippen molar-refractivity contribution in [1.29, 1.82) is 0 Å². The summed E-state index contributed by atoms with van der Waals surface area (Å²) in [5, 5.41) is 0. The average Bonchev–Trinajstić information content (AvgIpc) is 2.52. The molecule has 5 heteroatoms. The fraction of sp³-hybridized carbons (Fsp3) is 1.00. The molecule has 3 unspecified atom stereocenters. The molecule has 0 heterocycles. The van der Waals surface area contributed by atoms with Crippen LogP contribution in [0.15, 0.2) is 0 Å². The highest BCUT2D eigenvalue weighted by Crippen LogP contribution is 2.36. The molecule has 0 N–H and O–H groups in total. The van der Waals surface area contributed by atoms with E-state index in [9.17, 15) is 4.39 Å². The molecule has 0 aliphatic rings. The molecule has 0 saturated heterocycles. The molecule has 0 aliphatic carbocycles. The van der Waals surface area contributed by atoms with Gasteiger partial charge in [0, 0.05) is 13.0 Å². The van der Waals surface area contributed by atoms with Crippen LogP contribution in [0.5, 0.6) is 0 Å². The highest BCUT2D eigenvalue weighted by molar-refractivity contribution is 4.95. The first-order chi connectivity index (χ1) is 10.9. The van der Waals surface area contributed by atoms with Gasteiger partial charge in [-0.3, -0.25) is 0 Å². The highest BCUT2D eigenvalue weighted by atomic mass is 19.2. The molecule has 0 aromatic heterocycles. The minimum Gasteiger partial charge on any atom is -0.372 e. The summed E-state index contributed by atoms with van der Waals surface area (Å²) in [5.41, 5.74) is -3.06. The van der Waals surface area contributed by atoms with E-state index < -0.39 is 17.1 Å². The van der Waals surface area contributed by atoms with E-state index in [-0.39, 0.29) is 25.2 Å². The average molecular weight is 353 g/mol. The zero-order chi connectivity index (χ0) is 19.1. The molecule has 0 bridgehead atoms. The second-order valence-electron chi connectivity index (χ2n) is 7.36. The van der Waals surface area contributed by atoms with Gasteiger partial charge in [-0.15, -0.1) is 0 Å². The van der Waals surface area contributed by atoms with Crippen LogP contribution in [0.4, 0.5) is 8.78 Å². The van der Waals surface area contributed by atoms with E-state index in [0.29, 0.717) is 13.0 Å². The Balaban J connectivity index is 4.80. The maximum atomic E-state index is 15.3. The Morgan fingerprint density at radius 3 is 1.71 bits per heavy atom. The maximum absolute atomic E-state index is 15.3. The van der Waals surface area contributed by atoms with Crippen molar-refractivity contribution in [2.45, 2.75) is 104 Å². The van der Waals surface area contributed by atoms with E-state index in [4.69, 9.17) is 14.2 Å². The van der Waals surface area contributed by atoms with Crippen LogP contribution in [-0.2, 0) is 14.2 Å². The summed E-state index contributed by atoms with van der Waals surface area (Å²) in [6, 6.07) is 0. The minimum atomic E-state index is -1.75. The number of hydrogen-bond donors (Lipinski definition) is 0. The lowest BCUT2D eigenvalue weighted by Crippen LogP contribution is -2.53. The van der Waals surface area contributed by atoms with E-state index in [0.717, 1.165) is 12.8 Å². The van der Waals surface area contributed by atoms with Gasteiger partial charge < -0.3 is 14.2 Å². The van der Waals surface area contributed by atoms with Crippen molar-refractivity contribution >= 4 is 0 Å². The number of alkyl halides is 2. The number of ether oxygens (including phenoxy) is 3. The molecule has 0 aromatic rings. The van der Waals surface area contributed by atoms with E-state index in [2.05, 4.69) is 0 Å². The van der Waals surface area contributed by atoms with Crippen LogP contribution in [0.3, 0.4) is 0 Å². The molecule has 0 saturated carbocycles. The first kappa shape index (κ1) is 23.7. The van der Waals surface area contributed by atoms with Gasteiger partial charge in [0.05, 0.1) is 18.8 Å². The molecular weight excluding hydrogens is 314 g/mol. The summed E-state index contributed by atoms with van der Waals surface area (Å²) < 4.78 is 46.1. The topological polar surface area (TPSA) is 27.7 Å². The van der Waals surface area contributed by atoms with Gasteiger partial charge in [0.15, 0.2) is 5.67 Å². The standard InChI is InChI=1S/C19H38F2O3/c1-9-16(5,10-2)24-15-17(6,20)18(7,11-3)23-14-13-19(8,21)22-12-4/h9-15H2,1-8H3. The van der Waals surface area contributed by atoms with Crippen molar-refractivity contribution < 1.29 is 23.0 Å². The highest BCUT2D eigenvalue weighted by Gasteiger charge is 2.46. The third-order valence-corrected chi connectivity index (χ3v) is 5.38. The molecule has 146 valence electrons. The lowest BCUT2D eigenvalue weighted by Gasteiger charge is -2.42. The van der Waals surface area contributed by atoms with Gasteiger partial charge >= 0.3 is 0 Å². The van der Waals surface area contributed by atoms with Gasteiger partial charge in [0.25, 0.3) is 0 Å². The quantitative estimate of drug-likeness (QED) is 0.431. The van der Waals surface area contributed by atoms with Crippen molar-refractivity contribution in [2.75, 3.05) is 19.8 Å². The molecular formula is C19H38F2O3. The van der Waals surface area contributed by atoms with E-state index in [1.54, 1.807) is 13.8 Å². The van der Waals surface area contributed by atoms with Crippen LogP contribution in [0.1, 0.15) is 81.1 Å². The fourth-order valence-electron chi connectivity index (χ4n) is 2.37. The van der Waals surface area contributed by atoms with Crippen LogP contribution in [-0.4, -0.2) is 42.5 Å². The fourth-order valence-corrected chi connectivity index (χ4v) is 2.37. The van der Waals surface area contributed by atoms with E-state index >= 15 is 4.39 Å². The summed E-state index contributed by atoms with van der Waals surface area (Å²) >= 11 is 0. The molecule has 0 amide bonds. The van der Waals surface area contributed by atoms with Crippen molar-refractivity contribution in [3.63, 3.8) is 0 Å². The van der Waals surface area contributed by atoms with Crippen LogP contribution in [0, 0.1) is 0 Å². The molecule has 3 nitrogen and oxygen atoms in total. The zero-order valence-corrected chi connectivity index (χ0v) is 16.9. The first-order valence-electron chi connectivity index (χ1n) is 9.20. The normalized spacial score (nSPS) is 20.2. The summed E-state index contributed by atoms with van der Waals surface area (Å²) in [6.45, 7) is 14.6. The molecule has 0 fully saturated rings. The Morgan fingerprint density at radius 2 is 1.29 bits per heavy atom. The molecule has 0 spiro atoms.